The number of aliphatic hydroxyl groups is 1. The summed E-state index contributed by atoms with van der Waals surface area (Å²) in [4.78, 5) is 13.6. The van der Waals surface area contributed by atoms with E-state index in [0.717, 1.165) is 6.54 Å². The predicted molar refractivity (Wildman–Crippen MR) is 92.1 cm³/mol. The highest BCUT2D eigenvalue weighted by atomic mass is 16.5. The number of ether oxygens (including phenoxy) is 1. The topological polar surface area (TPSA) is 49.8 Å². The molecule has 4 nitrogen and oxygen atoms in total. The van der Waals surface area contributed by atoms with Crippen LogP contribution in [0.4, 0.5) is 0 Å². The van der Waals surface area contributed by atoms with E-state index in [0.29, 0.717) is 23.9 Å². The summed E-state index contributed by atoms with van der Waals surface area (Å²) in [5.41, 5.74) is 0.673. The number of Topliss-reactive ketones (excluding diaryl/α,β-unsaturated/α-hetero) is 1. The first-order valence-electron chi connectivity index (χ1n) is 8.76. The number of nitrogens with zero attached hydrogens (tertiary/aromatic N) is 1. The highest BCUT2D eigenvalue weighted by Gasteiger charge is 2.22. The highest BCUT2D eigenvalue weighted by molar-refractivity contribution is 5.94. The summed E-state index contributed by atoms with van der Waals surface area (Å²) in [5.74, 6) is 0.734. The molecule has 1 aromatic rings. The molecule has 0 aliphatic heterocycles. The van der Waals surface area contributed by atoms with Crippen molar-refractivity contribution in [1.82, 2.24) is 4.90 Å². The first-order valence-corrected chi connectivity index (χ1v) is 8.76. The van der Waals surface area contributed by atoms with E-state index >= 15 is 0 Å². The number of benzene rings is 1. The van der Waals surface area contributed by atoms with Crippen molar-refractivity contribution >= 4 is 5.78 Å². The Kier molecular flexibility index (Phi) is 7.06. The van der Waals surface area contributed by atoms with Gasteiger partial charge in [-0.2, -0.15) is 0 Å². The number of hydrogen-bond acceptors (Lipinski definition) is 4. The maximum absolute atomic E-state index is 11.2. The third-order valence-corrected chi connectivity index (χ3v) is 4.65. The van der Waals surface area contributed by atoms with Gasteiger partial charge in [0, 0.05) is 18.2 Å². The summed E-state index contributed by atoms with van der Waals surface area (Å²) in [7, 11) is 0. The molecule has 1 fully saturated rings. The van der Waals surface area contributed by atoms with E-state index in [1.165, 1.54) is 32.1 Å². The van der Waals surface area contributed by atoms with Crippen LogP contribution in [0.2, 0.25) is 0 Å². The van der Waals surface area contributed by atoms with Gasteiger partial charge < -0.3 is 9.84 Å². The van der Waals surface area contributed by atoms with Gasteiger partial charge in [-0.25, -0.2) is 0 Å². The van der Waals surface area contributed by atoms with Crippen molar-refractivity contribution in [3.8, 4) is 5.75 Å². The molecule has 128 valence electrons. The average molecular weight is 319 g/mol. The van der Waals surface area contributed by atoms with E-state index in [9.17, 15) is 9.90 Å². The van der Waals surface area contributed by atoms with Crippen LogP contribution in [0.5, 0.6) is 5.75 Å². The zero-order valence-electron chi connectivity index (χ0n) is 14.3. The van der Waals surface area contributed by atoms with Crippen molar-refractivity contribution in [2.75, 3.05) is 19.7 Å². The monoisotopic (exact) mass is 319 g/mol. The molecule has 0 unspecified atom stereocenters. The van der Waals surface area contributed by atoms with Crippen molar-refractivity contribution in [2.45, 2.75) is 58.1 Å². The Hall–Kier alpha value is -1.39. The number of aliphatic hydroxyl groups excluding tert-OH is 1. The molecular weight excluding hydrogens is 290 g/mol. The Morgan fingerprint density at radius 1 is 1.26 bits per heavy atom. The van der Waals surface area contributed by atoms with Crippen LogP contribution >= 0.6 is 0 Å². The minimum absolute atomic E-state index is 0.0441. The Labute approximate surface area is 139 Å². The molecule has 1 saturated carbocycles. The van der Waals surface area contributed by atoms with Crippen LogP contribution in [0.3, 0.4) is 0 Å². The zero-order valence-corrected chi connectivity index (χ0v) is 14.3. The van der Waals surface area contributed by atoms with Gasteiger partial charge in [-0.15, -0.1) is 0 Å². The lowest BCUT2D eigenvalue weighted by Crippen LogP contribution is -2.43. The smallest absolute Gasteiger partial charge is 0.159 e. The van der Waals surface area contributed by atoms with E-state index in [1.54, 1.807) is 31.2 Å². The lowest BCUT2D eigenvalue weighted by atomic mass is 9.94. The van der Waals surface area contributed by atoms with Gasteiger partial charge in [0.1, 0.15) is 18.5 Å². The lowest BCUT2D eigenvalue weighted by molar-refractivity contribution is 0.0463. The molecule has 23 heavy (non-hydrogen) atoms. The van der Waals surface area contributed by atoms with Gasteiger partial charge in [0.25, 0.3) is 0 Å². The number of ketones is 1. The molecule has 2 rings (SSSR count). The summed E-state index contributed by atoms with van der Waals surface area (Å²) >= 11 is 0. The molecule has 0 radical (unpaired) electrons. The van der Waals surface area contributed by atoms with Gasteiger partial charge in [0.15, 0.2) is 5.78 Å². The van der Waals surface area contributed by atoms with Gasteiger partial charge in [0.05, 0.1) is 0 Å². The third kappa shape index (κ3) is 5.63. The molecular formula is C19H29NO3. The molecule has 0 heterocycles. The molecule has 0 bridgehead atoms. The number of hydrogen-bond donors (Lipinski definition) is 1. The van der Waals surface area contributed by atoms with Crippen molar-refractivity contribution in [3.63, 3.8) is 0 Å². The number of rotatable bonds is 8. The maximum atomic E-state index is 11.2. The molecule has 0 saturated heterocycles. The molecule has 1 atom stereocenters. The molecule has 1 N–H and O–H groups in total. The van der Waals surface area contributed by atoms with Crippen LogP contribution in [0, 0.1) is 0 Å². The van der Waals surface area contributed by atoms with Gasteiger partial charge in [0.2, 0.25) is 0 Å². The van der Waals surface area contributed by atoms with Crippen LogP contribution in [0.25, 0.3) is 0 Å². The Morgan fingerprint density at radius 2 is 1.91 bits per heavy atom. The third-order valence-electron chi connectivity index (χ3n) is 4.65. The fourth-order valence-corrected chi connectivity index (χ4v) is 3.28. The molecule has 4 heteroatoms. The fraction of sp³-hybridized carbons (Fsp3) is 0.632. The maximum Gasteiger partial charge on any atom is 0.159 e. The number of carbonyl (C=O) groups excluding carboxylic acids is 1. The Morgan fingerprint density at radius 3 is 2.48 bits per heavy atom. The second-order valence-corrected chi connectivity index (χ2v) is 6.42. The second kappa shape index (κ2) is 9.04. The SMILES string of the molecule is CCN(C[C@H](O)COc1ccc(C(C)=O)cc1)C1CCCCC1. The lowest BCUT2D eigenvalue weighted by Gasteiger charge is -2.34. The first kappa shape index (κ1) is 18.0. The van der Waals surface area contributed by atoms with E-state index in [-0.39, 0.29) is 12.4 Å². The Bertz CT molecular complexity index is 480. The minimum Gasteiger partial charge on any atom is -0.491 e. The van der Waals surface area contributed by atoms with Crippen molar-refractivity contribution in [1.29, 1.82) is 0 Å². The summed E-state index contributed by atoms with van der Waals surface area (Å²) < 4.78 is 5.65. The van der Waals surface area contributed by atoms with Gasteiger partial charge in [-0.1, -0.05) is 26.2 Å². The van der Waals surface area contributed by atoms with Crippen LogP contribution in [-0.4, -0.2) is 47.6 Å². The molecule has 1 aromatic carbocycles. The summed E-state index contributed by atoms with van der Waals surface area (Å²) in [6.45, 7) is 5.61. The van der Waals surface area contributed by atoms with Gasteiger partial charge in [-0.3, -0.25) is 9.69 Å². The highest BCUT2D eigenvalue weighted by Crippen LogP contribution is 2.22. The molecule has 1 aliphatic rings. The largest absolute Gasteiger partial charge is 0.491 e. The Balaban J connectivity index is 1.78. The van der Waals surface area contributed by atoms with Crippen LogP contribution in [-0.2, 0) is 0 Å². The standard InChI is InChI=1S/C19H29NO3/c1-3-20(17-7-5-4-6-8-17)13-18(22)14-23-19-11-9-16(10-12-19)15(2)21/h9-12,17-18,22H,3-8,13-14H2,1-2H3/t18-/m0/s1. The van der Waals surface area contributed by atoms with Gasteiger partial charge >= 0.3 is 0 Å². The quantitative estimate of drug-likeness (QED) is 0.747. The summed E-state index contributed by atoms with van der Waals surface area (Å²) in [6.07, 6.45) is 5.94. The van der Waals surface area contributed by atoms with Crippen LogP contribution in [0.1, 0.15) is 56.3 Å². The van der Waals surface area contributed by atoms with E-state index in [4.69, 9.17) is 4.74 Å². The van der Waals surface area contributed by atoms with E-state index < -0.39 is 6.10 Å². The fourth-order valence-electron chi connectivity index (χ4n) is 3.28. The number of likely N-dealkylation sites (N-methyl/N-ethyl adjacent to an activating group) is 1. The van der Waals surface area contributed by atoms with E-state index in [2.05, 4.69) is 11.8 Å². The second-order valence-electron chi connectivity index (χ2n) is 6.42. The van der Waals surface area contributed by atoms with Crippen LogP contribution in [0.15, 0.2) is 24.3 Å². The van der Waals surface area contributed by atoms with Gasteiger partial charge in [-0.05, 0) is 50.6 Å². The van der Waals surface area contributed by atoms with Crippen LogP contribution < -0.4 is 4.74 Å². The predicted octanol–water partition coefficient (Wildman–Crippen LogP) is 3.28. The summed E-state index contributed by atoms with van der Waals surface area (Å²) in [6, 6.07) is 7.68. The summed E-state index contributed by atoms with van der Waals surface area (Å²) in [5, 5.41) is 10.3. The molecule has 1 aliphatic carbocycles. The molecule has 0 spiro atoms. The molecule has 0 aromatic heterocycles. The minimum atomic E-state index is -0.496. The van der Waals surface area contributed by atoms with Crippen molar-refractivity contribution in [2.24, 2.45) is 0 Å². The normalized spacial score (nSPS) is 17.2. The average Bonchev–Trinajstić information content (AvgIpc) is 2.59. The van der Waals surface area contributed by atoms with E-state index in [1.807, 2.05) is 0 Å². The van der Waals surface area contributed by atoms with Crippen molar-refractivity contribution in [3.05, 3.63) is 29.8 Å². The molecule has 0 amide bonds. The first-order chi connectivity index (χ1) is 11.1. The van der Waals surface area contributed by atoms with Crippen molar-refractivity contribution < 1.29 is 14.6 Å². The zero-order chi connectivity index (χ0) is 16.7. The number of carbonyl (C=O) groups is 1.